The quantitative estimate of drug-likeness (QED) is 0.655. The molecule has 0 saturated carbocycles. The maximum atomic E-state index is 10.9. The highest BCUT2D eigenvalue weighted by atomic mass is 16.3. The van der Waals surface area contributed by atoms with Crippen LogP contribution in [0.1, 0.15) is 44.0 Å². The molecule has 0 aliphatic heterocycles. The molecule has 0 N–H and O–H groups in total. The molecule has 0 spiro atoms. The van der Waals surface area contributed by atoms with E-state index in [1.165, 1.54) is 6.92 Å². The van der Waals surface area contributed by atoms with Crippen molar-refractivity contribution in [3.05, 3.63) is 23.7 Å². The summed E-state index contributed by atoms with van der Waals surface area (Å²) in [7, 11) is 0. The Hall–Kier alpha value is -1.05. The Kier molecular flexibility index (Phi) is 2.60. The second kappa shape index (κ2) is 3.36. The zero-order valence-corrected chi connectivity index (χ0v) is 8.68. The zero-order valence-electron chi connectivity index (χ0n) is 8.68. The van der Waals surface area contributed by atoms with Crippen LogP contribution in [0.15, 0.2) is 16.5 Å². The van der Waals surface area contributed by atoms with Crippen molar-refractivity contribution in [1.82, 2.24) is 0 Å². The largest absolute Gasteiger partial charge is 0.458 e. The van der Waals surface area contributed by atoms with Crippen LogP contribution in [0.4, 0.5) is 0 Å². The summed E-state index contributed by atoms with van der Waals surface area (Å²) >= 11 is 0. The van der Waals surface area contributed by atoms with Crippen molar-refractivity contribution in [3.63, 3.8) is 0 Å². The molecule has 0 aromatic carbocycles. The molecular weight excluding hydrogens is 164 g/mol. The fourth-order valence-corrected chi connectivity index (χ4v) is 1.18. The fourth-order valence-electron chi connectivity index (χ4n) is 1.18. The van der Waals surface area contributed by atoms with Crippen molar-refractivity contribution < 1.29 is 9.21 Å². The second-order valence-corrected chi connectivity index (χ2v) is 4.56. The SMILES string of the molecule is CC(=O)c1ccc(CC(C)(C)C)o1. The van der Waals surface area contributed by atoms with Crippen LogP contribution >= 0.6 is 0 Å². The van der Waals surface area contributed by atoms with Crippen molar-refractivity contribution in [2.75, 3.05) is 0 Å². The highest BCUT2D eigenvalue weighted by molar-refractivity contribution is 5.91. The minimum absolute atomic E-state index is 0.0137. The average molecular weight is 180 g/mol. The van der Waals surface area contributed by atoms with Gasteiger partial charge in [-0.15, -0.1) is 0 Å². The molecule has 1 heterocycles. The Morgan fingerprint density at radius 2 is 2.00 bits per heavy atom. The summed E-state index contributed by atoms with van der Waals surface area (Å²) < 4.78 is 5.37. The smallest absolute Gasteiger partial charge is 0.194 e. The molecular formula is C11H16O2. The average Bonchev–Trinajstić information content (AvgIpc) is 2.31. The Labute approximate surface area is 78.9 Å². The summed E-state index contributed by atoms with van der Waals surface area (Å²) in [5, 5.41) is 0. The number of hydrogen-bond acceptors (Lipinski definition) is 2. The van der Waals surface area contributed by atoms with Gasteiger partial charge in [0.05, 0.1) is 0 Å². The lowest BCUT2D eigenvalue weighted by molar-refractivity contribution is 0.0984. The molecule has 0 bridgehead atoms. The molecule has 1 aromatic rings. The highest BCUT2D eigenvalue weighted by Gasteiger charge is 2.14. The topological polar surface area (TPSA) is 30.2 Å². The summed E-state index contributed by atoms with van der Waals surface area (Å²) in [4.78, 5) is 10.9. The highest BCUT2D eigenvalue weighted by Crippen LogP contribution is 2.21. The van der Waals surface area contributed by atoms with Crippen molar-refractivity contribution in [2.45, 2.75) is 34.1 Å². The van der Waals surface area contributed by atoms with Gasteiger partial charge < -0.3 is 4.42 Å². The number of furan rings is 1. The fraction of sp³-hybridized carbons (Fsp3) is 0.545. The summed E-state index contributed by atoms with van der Waals surface area (Å²) in [6.45, 7) is 7.94. The van der Waals surface area contributed by atoms with Crippen molar-refractivity contribution in [1.29, 1.82) is 0 Å². The lowest BCUT2D eigenvalue weighted by Crippen LogP contribution is -2.08. The van der Waals surface area contributed by atoms with E-state index in [9.17, 15) is 4.79 Å². The van der Waals surface area contributed by atoms with Crippen LogP contribution in [0, 0.1) is 5.41 Å². The number of carbonyl (C=O) groups is 1. The van der Waals surface area contributed by atoms with E-state index in [4.69, 9.17) is 4.42 Å². The third kappa shape index (κ3) is 3.05. The van der Waals surface area contributed by atoms with Gasteiger partial charge in [0.2, 0.25) is 0 Å². The van der Waals surface area contributed by atoms with Crippen LogP contribution in [-0.2, 0) is 6.42 Å². The van der Waals surface area contributed by atoms with E-state index in [0.717, 1.165) is 12.2 Å². The molecule has 0 atom stereocenters. The molecule has 0 saturated heterocycles. The van der Waals surface area contributed by atoms with Gasteiger partial charge in [0, 0.05) is 13.3 Å². The molecule has 0 unspecified atom stereocenters. The van der Waals surface area contributed by atoms with Crippen molar-refractivity contribution >= 4 is 5.78 Å². The lowest BCUT2D eigenvalue weighted by Gasteiger charge is -2.15. The molecule has 1 aromatic heterocycles. The molecule has 0 amide bonds. The van der Waals surface area contributed by atoms with Crippen LogP contribution in [-0.4, -0.2) is 5.78 Å². The van der Waals surface area contributed by atoms with Gasteiger partial charge in [0.15, 0.2) is 11.5 Å². The number of rotatable bonds is 2. The maximum absolute atomic E-state index is 10.9. The number of ketones is 1. The van der Waals surface area contributed by atoms with E-state index in [0.29, 0.717) is 5.76 Å². The molecule has 0 fully saturated rings. The van der Waals surface area contributed by atoms with Gasteiger partial charge in [-0.05, 0) is 17.5 Å². The third-order valence-electron chi connectivity index (χ3n) is 1.71. The summed E-state index contributed by atoms with van der Waals surface area (Å²) in [5.41, 5.74) is 0.200. The van der Waals surface area contributed by atoms with Gasteiger partial charge >= 0.3 is 0 Å². The van der Waals surface area contributed by atoms with Gasteiger partial charge in [-0.2, -0.15) is 0 Å². The van der Waals surface area contributed by atoms with E-state index in [1.807, 2.05) is 6.07 Å². The molecule has 0 aliphatic carbocycles. The Bertz CT molecular complexity index is 302. The predicted octanol–water partition coefficient (Wildman–Crippen LogP) is 3.07. The summed E-state index contributed by atoms with van der Waals surface area (Å²) in [5.74, 6) is 1.33. The van der Waals surface area contributed by atoms with Gasteiger partial charge in [0.1, 0.15) is 5.76 Å². The predicted molar refractivity (Wildman–Crippen MR) is 51.9 cm³/mol. The van der Waals surface area contributed by atoms with E-state index in [1.54, 1.807) is 6.07 Å². The number of Topliss-reactive ketones (excluding diaryl/α,β-unsaturated/α-hetero) is 1. The van der Waals surface area contributed by atoms with Crippen molar-refractivity contribution in [3.8, 4) is 0 Å². The molecule has 1 rings (SSSR count). The molecule has 2 nitrogen and oxygen atoms in total. The molecule has 0 radical (unpaired) electrons. The first-order chi connectivity index (χ1) is 5.88. The maximum Gasteiger partial charge on any atom is 0.194 e. The van der Waals surface area contributed by atoms with Crippen LogP contribution in [0.3, 0.4) is 0 Å². The first kappa shape index (κ1) is 10.0. The monoisotopic (exact) mass is 180 g/mol. The number of hydrogen-bond donors (Lipinski definition) is 0. The number of carbonyl (C=O) groups excluding carboxylic acids is 1. The van der Waals surface area contributed by atoms with Gasteiger partial charge in [-0.1, -0.05) is 20.8 Å². The molecule has 0 aliphatic rings. The first-order valence-electron chi connectivity index (χ1n) is 4.48. The molecule has 2 heteroatoms. The standard InChI is InChI=1S/C11H16O2/c1-8(12)10-6-5-9(13-10)7-11(2,3)4/h5-6H,7H2,1-4H3. The van der Waals surface area contributed by atoms with E-state index >= 15 is 0 Å². The van der Waals surface area contributed by atoms with Gasteiger partial charge in [0.25, 0.3) is 0 Å². The Morgan fingerprint density at radius 3 is 2.38 bits per heavy atom. The van der Waals surface area contributed by atoms with E-state index in [-0.39, 0.29) is 11.2 Å². The minimum atomic E-state index is -0.0137. The second-order valence-electron chi connectivity index (χ2n) is 4.56. The Balaban J connectivity index is 2.75. The minimum Gasteiger partial charge on any atom is -0.458 e. The first-order valence-corrected chi connectivity index (χ1v) is 4.48. The van der Waals surface area contributed by atoms with Crippen LogP contribution in [0.2, 0.25) is 0 Å². The molecule has 72 valence electrons. The third-order valence-corrected chi connectivity index (χ3v) is 1.71. The Morgan fingerprint density at radius 1 is 1.38 bits per heavy atom. The normalized spacial score (nSPS) is 11.7. The van der Waals surface area contributed by atoms with E-state index in [2.05, 4.69) is 20.8 Å². The van der Waals surface area contributed by atoms with Crippen LogP contribution in [0.25, 0.3) is 0 Å². The lowest BCUT2D eigenvalue weighted by atomic mass is 9.91. The summed E-state index contributed by atoms with van der Waals surface area (Å²) in [6, 6.07) is 3.62. The van der Waals surface area contributed by atoms with Gasteiger partial charge in [-0.3, -0.25) is 4.79 Å². The summed E-state index contributed by atoms with van der Waals surface area (Å²) in [6.07, 6.45) is 0.861. The zero-order chi connectivity index (χ0) is 10.1. The van der Waals surface area contributed by atoms with Crippen molar-refractivity contribution in [2.24, 2.45) is 5.41 Å². The van der Waals surface area contributed by atoms with E-state index < -0.39 is 0 Å². The van der Waals surface area contributed by atoms with Crippen LogP contribution < -0.4 is 0 Å². The van der Waals surface area contributed by atoms with Crippen LogP contribution in [0.5, 0.6) is 0 Å². The molecule has 13 heavy (non-hydrogen) atoms. The van der Waals surface area contributed by atoms with Gasteiger partial charge in [-0.25, -0.2) is 0 Å².